The van der Waals surface area contributed by atoms with E-state index < -0.39 is 10.0 Å². The summed E-state index contributed by atoms with van der Waals surface area (Å²) in [5.41, 5.74) is 16.3. The maximum absolute atomic E-state index is 13.0. The first kappa shape index (κ1) is 20.5. The van der Waals surface area contributed by atoms with Crippen molar-refractivity contribution in [1.29, 1.82) is 0 Å². The van der Waals surface area contributed by atoms with Crippen LogP contribution in [0.15, 0.2) is 96.0 Å². The Morgan fingerprint density at radius 3 is 2.24 bits per heavy atom. The number of nitrogen functional groups attached to an aromatic ring is 2. The number of pyridine rings is 1. The lowest BCUT2D eigenvalue weighted by molar-refractivity contribution is 0.601. The Hall–Kier alpha value is -4.37. The summed E-state index contributed by atoms with van der Waals surface area (Å²) in [7, 11) is -3.94. The zero-order valence-electron chi connectivity index (χ0n) is 17.4. The van der Waals surface area contributed by atoms with E-state index in [9.17, 15) is 8.42 Å². The van der Waals surface area contributed by atoms with E-state index in [0.29, 0.717) is 17.2 Å². The van der Waals surface area contributed by atoms with Crippen LogP contribution in [0.2, 0.25) is 0 Å². The van der Waals surface area contributed by atoms with Gasteiger partial charge < -0.3 is 11.5 Å². The van der Waals surface area contributed by atoms with E-state index in [0.717, 1.165) is 22.3 Å². The Morgan fingerprint density at radius 2 is 1.52 bits per heavy atom. The predicted molar refractivity (Wildman–Crippen MR) is 130 cm³/mol. The quantitative estimate of drug-likeness (QED) is 0.366. The van der Waals surface area contributed by atoms with Gasteiger partial charge in [0.05, 0.1) is 11.0 Å². The molecule has 0 radical (unpaired) electrons. The Bertz CT molecular complexity index is 1570. The number of sulfonamides is 1. The maximum atomic E-state index is 13.0. The number of rotatable bonds is 5. The highest BCUT2D eigenvalue weighted by atomic mass is 32.2. The fourth-order valence-electron chi connectivity index (χ4n) is 3.67. The van der Waals surface area contributed by atoms with Crippen molar-refractivity contribution in [1.82, 2.24) is 14.5 Å². The van der Waals surface area contributed by atoms with Gasteiger partial charge in [-0.25, -0.2) is 18.4 Å². The van der Waals surface area contributed by atoms with Crippen LogP contribution < -0.4 is 16.2 Å². The van der Waals surface area contributed by atoms with Crippen LogP contribution in [0.25, 0.3) is 27.8 Å². The zero-order valence-corrected chi connectivity index (χ0v) is 18.2. The minimum absolute atomic E-state index is 0.0816. The van der Waals surface area contributed by atoms with Crippen molar-refractivity contribution in [2.75, 3.05) is 16.2 Å². The minimum atomic E-state index is -3.94. The molecule has 5 aromatic rings. The average Bonchev–Trinajstić information content (AvgIpc) is 3.15. The molecule has 0 amide bonds. The van der Waals surface area contributed by atoms with E-state index >= 15 is 0 Å². The van der Waals surface area contributed by atoms with Crippen LogP contribution in [0.5, 0.6) is 0 Å². The first-order valence-electron chi connectivity index (χ1n) is 10.1. The molecule has 0 saturated heterocycles. The largest absolute Gasteiger partial charge is 0.383 e. The third-order valence-electron chi connectivity index (χ3n) is 5.23. The summed E-state index contributed by atoms with van der Waals surface area (Å²) in [6.45, 7) is 0. The molecule has 0 unspecified atom stereocenters. The maximum Gasteiger partial charge on any atom is 0.265 e. The molecule has 0 aliphatic rings. The van der Waals surface area contributed by atoms with Gasteiger partial charge >= 0.3 is 0 Å². The first-order chi connectivity index (χ1) is 15.9. The number of aromatic nitrogens is 3. The number of para-hydroxylation sites is 2. The molecule has 2 aromatic heterocycles. The number of hydrogen-bond acceptors (Lipinski definition) is 6. The van der Waals surface area contributed by atoms with Gasteiger partial charge in [0.2, 0.25) is 5.95 Å². The molecule has 8 nitrogen and oxygen atoms in total. The van der Waals surface area contributed by atoms with Gasteiger partial charge in [0, 0.05) is 23.1 Å². The fourth-order valence-corrected chi connectivity index (χ4v) is 4.83. The van der Waals surface area contributed by atoms with Crippen molar-refractivity contribution in [3.05, 3.63) is 91.1 Å². The second-order valence-corrected chi connectivity index (χ2v) is 9.07. The molecule has 0 atom stereocenters. The summed E-state index contributed by atoms with van der Waals surface area (Å²) < 4.78 is 30.4. The third kappa shape index (κ3) is 3.85. The van der Waals surface area contributed by atoms with E-state index in [1.54, 1.807) is 36.5 Å². The molecule has 0 saturated carbocycles. The normalized spacial score (nSPS) is 11.5. The summed E-state index contributed by atoms with van der Waals surface area (Å²) in [4.78, 5) is 8.48. The molecule has 3 aromatic carbocycles. The summed E-state index contributed by atoms with van der Waals surface area (Å²) in [6.07, 6.45) is 1.55. The number of imidazole rings is 1. The Balaban J connectivity index is 1.60. The summed E-state index contributed by atoms with van der Waals surface area (Å²) in [6, 6.07) is 25.4. The van der Waals surface area contributed by atoms with E-state index in [-0.39, 0.29) is 10.7 Å². The molecule has 164 valence electrons. The summed E-state index contributed by atoms with van der Waals surface area (Å²) in [5.74, 6) is 0.279. The van der Waals surface area contributed by atoms with Crippen molar-refractivity contribution < 1.29 is 8.42 Å². The number of anilines is 3. The summed E-state index contributed by atoms with van der Waals surface area (Å²) in [5, 5.41) is 0. The van der Waals surface area contributed by atoms with E-state index in [1.807, 2.05) is 53.1 Å². The van der Waals surface area contributed by atoms with Crippen molar-refractivity contribution in [3.8, 4) is 16.8 Å². The highest BCUT2D eigenvalue weighted by molar-refractivity contribution is 7.92. The molecule has 0 spiro atoms. The molecular weight excluding hydrogens is 436 g/mol. The third-order valence-corrected chi connectivity index (χ3v) is 6.64. The van der Waals surface area contributed by atoms with Crippen LogP contribution in [0, 0.1) is 0 Å². The van der Waals surface area contributed by atoms with Crippen LogP contribution in [-0.2, 0) is 10.0 Å². The predicted octanol–water partition coefficient (Wildman–Crippen LogP) is 4.05. The Labute approximate surface area is 190 Å². The van der Waals surface area contributed by atoms with Crippen LogP contribution in [0.1, 0.15) is 0 Å². The standard InChI is InChI=1S/C24H20N6O2S/c25-23-22(33(31,32)29-18-7-3-1-4-8-18)14-17(15-27-23)16-11-12-20-21(13-16)30(24(26)28-20)19-9-5-2-6-10-19/h1-15,29H,(H2,25,27)(H2,26,28). The van der Waals surface area contributed by atoms with E-state index in [2.05, 4.69) is 14.7 Å². The number of nitrogens with one attached hydrogen (secondary N) is 1. The fraction of sp³-hybridized carbons (Fsp3) is 0. The van der Waals surface area contributed by atoms with Gasteiger partial charge in [-0.2, -0.15) is 0 Å². The number of nitrogens with two attached hydrogens (primary N) is 2. The van der Waals surface area contributed by atoms with Gasteiger partial charge in [-0.05, 0) is 48.0 Å². The highest BCUT2D eigenvalue weighted by Crippen LogP contribution is 2.30. The molecule has 0 aliphatic heterocycles. The van der Waals surface area contributed by atoms with Gasteiger partial charge in [0.1, 0.15) is 10.7 Å². The van der Waals surface area contributed by atoms with Crippen LogP contribution in [-0.4, -0.2) is 23.0 Å². The first-order valence-corrected chi connectivity index (χ1v) is 11.6. The molecule has 0 bridgehead atoms. The van der Waals surface area contributed by atoms with E-state index in [1.165, 1.54) is 6.07 Å². The van der Waals surface area contributed by atoms with Crippen molar-refractivity contribution >= 4 is 38.5 Å². The van der Waals surface area contributed by atoms with Gasteiger partial charge in [0.25, 0.3) is 10.0 Å². The lowest BCUT2D eigenvalue weighted by Crippen LogP contribution is -2.15. The molecule has 2 heterocycles. The molecule has 9 heteroatoms. The van der Waals surface area contributed by atoms with Gasteiger partial charge in [-0.15, -0.1) is 0 Å². The molecule has 0 aliphatic carbocycles. The van der Waals surface area contributed by atoms with Crippen LogP contribution in [0.3, 0.4) is 0 Å². The smallest absolute Gasteiger partial charge is 0.265 e. The average molecular weight is 457 g/mol. The van der Waals surface area contributed by atoms with Crippen LogP contribution in [0.4, 0.5) is 17.5 Å². The summed E-state index contributed by atoms with van der Waals surface area (Å²) >= 11 is 0. The lowest BCUT2D eigenvalue weighted by Gasteiger charge is -2.12. The number of nitrogens with zero attached hydrogens (tertiary/aromatic N) is 3. The topological polar surface area (TPSA) is 129 Å². The molecule has 33 heavy (non-hydrogen) atoms. The number of fused-ring (bicyclic) bond motifs is 1. The second kappa shape index (κ2) is 7.95. The van der Waals surface area contributed by atoms with Gasteiger partial charge in [-0.3, -0.25) is 9.29 Å². The van der Waals surface area contributed by atoms with Crippen molar-refractivity contribution in [2.24, 2.45) is 0 Å². The Kier molecular flexibility index (Phi) is 4.95. The molecular formula is C24H20N6O2S. The molecule has 0 fully saturated rings. The number of benzene rings is 3. The minimum Gasteiger partial charge on any atom is -0.383 e. The molecule has 5 N–H and O–H groups in total. The SMILES string of the molecule is Nc1ncc(-c2ccc3nc(N)n(-c4ccccc4)c3c2)cc1S(=O)(=O)Nc1ccccc1. The van der Waals surface area contributed by atoms with Gasteiger partial charge in [-0.1, -0.05) is 42.5 Å². The number of hydrogen-bond donors (Lipinski definition) is 3. The van der Waals surface area contributed by atoms with E-state index in [4.69, 9.17) is 11.5 Å². The zero-order chi connectivity index (χ0) is 23.0. The Morgan fingerprint density at radius 1 is 0.818 bits per heavy atom. The lowest BCUT2D eigenvalue weighted by atomic mass is 10.1. The monoisotopic (exact) mass is 456 g/mol. The second-order valence-electron chi connectivity index (χ2n) is 7.42. The molecule has 5 rings (SSSR count). The van der Waals surface area contributed by atoms with Gasteiger partial charge in [0.15, 0.2) is 0 Å². The highest BCUT2D eigenvalue weighted by Gasteiger charge is 2.20. The van der Waals surface area contributed by atoms with Crippen molar-refractivity contribution in [3.63, 3.8) is 0 Å². The van der Waals surface area contributed by atoms with Crippen molar-refractivity contribution in [2.45, 2.75) is 4.90 Å². The van der Waals surface area contributed by atoms with Crippen LogP contribution >= 0.6 is 0 Å².